The summed E-state index contributed by atoms with van der Waals surface area (Å²) in [5, 5.41) is 0. The summed E-state index contributed by atoms with van der Waals surface area (Å²) in [5.74, 6) is 0.432. The number of alkyl halides is 1. The van der Waals surface area contributed by atoms with Gasteiger partial charge in [-0.3, -0.25) is 4.18 Å². The van der Waals surface area contributed by atoms with E-state index in [1.807, 2.05) is 6.92 Å². The van der Waals surface area contributed by atoms with Crippen LogP contribution in [0.3, 0.4) is 0 Å². The van der Waals surface area contributed by atoms with Gasteiger partial charge < -0.3 is 4.74 Å². The fourth-order valence-electron chi connectivity index (χ4n) is 1.95. The minimum atomic E-state index is -3.70. The van der Waals surface area contributed by atoms with Gasteiger partial charge in [-0.25, -0.2) is 0 Å². The van der Waals surface area contributed by atoms with Crippen LogP contribution in [-0.2, 0) is 19.0 Å². The van der Waals surface area contributed by atoms with E-state index in [0.717, 1.165) is 18.4 Å². The first kappa shape index (κ1) is 14.8. The molecular weight excluding hydrogens is 288 g/mol. The molecule has 2 rings (SSSR count). The molecule has 0 N–H and O–H groups in total. The van der Waals surface area contributed by atoms with E-state index in [0.29, 0.717) is 5.88 Å². The highest BCUT2D eigenvalue weighted by molar-refractivity contribution is 7.86. The Labute approximate surface area is 118 Å². The van der Waals surface area contributed by atoms with Crippen LogP contribution in [0, 0.1) is 6.92 Å². The van der Waals surface area contributed by atoms with E-state index < -0.39 is 10.1 Å². The van der Waals surface area contributed by atoms with E-state index in [1.54, 1.807) is 24.3 Å². The van der Waals surface area contributed by atoms with Gasteiger partial charge in [0.1, 0.15) is 0 Å². The Bertz CT molecular complexity index is 512. The number of aryl methyl sites for hydroxylation is 1. The lowest BCUT2D eigenvalue weighted by atomic mass is 10.2. The third-order valence-electron chi connectivity index (χ3n) is 3.09. The Kier molecular flexibility index (Phi) is 4.84. The van der Waals surface area contributed by atoms with Crippen LogP contribution in [0.1, 0.15) is 18.4 Å². The van der Waals surface area contributed by atoms with Crippen molar-refractivity contribution in [2.24, 2.45) is 0 Å². The molecule has 0 spiro atoms. The summed E-state index contributed by atoms with van der Waals surface area (Å²) in [6.45, 7) is 1.94. The lowest BCUT2D eigenvalue weighted by Gasteiger charge is -2.12. The molecule has 1 aliphatic rings. The zero-order valence-corrected chi connectivity index (χ0v) is 12.3. The van der Waals surface area contributed by atoms with Crippen molar-refractivity contribution in [3.63, 3.8) is 0 Å². The molecule has 1 fully saturated rings. The summed E-state index contributed by atoms with van der Waals surface area (Å²) in [5.41, 5.74) is 1.00. The number of halogens is 1. The van der Waals surface area contributed by atoms with E-state index in [4.69, 9.17) is 20.5 Å². The molecule has 1 aliphatic heterocycles. The fourth-order valence-corrected chi connectivity index (χ4v) is 3.12. The third-order valence-corrected chi connectivity index (χ3v) is 4.73. The van der Waals surface area contributed by atoms with Crippen LogP contribution in [0.5, 0.6) is 0 Å². The molecule has 1 aromatic carbocycles. The predicted molar refractivity (Wildman–Crippen MR) is 72.9 cm³/mol. The maximum absolute atomic E-state index is 11.9. The van der Waals surface area contributed by atoms with Crippen LogP contribution >= 0.6 is 11.6 Å². The Balaban J connectivity index is 1.93. The second kappa shape index (κ2) is 6.22. The van der Waals surface area contributed by atoms with Gasteiger partial charge in [-0.15, -0.1) is 11.6 Å². The van der Waals surface area contributed by atoms with Gasteiger partial charge in [0.15, 0.2) is 0 Å². The van der Waals surface area contributed by atoms with Gasteiger partial charge in [-0.1, -0.05) is 17.7 Å². The van der Waals surface area contributed by atoms with Crippen LogP contribution in [0.4, 0.5) is 0 Å². The largest absolute Gasteiger partial charge is 0.371 e. The average Bonchev–Trinajstić information content (AvgIpc) is 2.85. The summed E-state index contributed by atoms with van der Waals surface area (Å²) in [6.07, 6.45) is 1.45. The number of rotatable bonds is 5. The predicted octanol–water partition coefficient (Wildman–Crippen LogP) is 2.49. The van der Waals surface area contributed by atoms with Crippen LogP contribution in [0.25, 0.3) is 0 Å². The third kappa shape index (κ3) is 3.92. The topological polar surface area (TPSA) is 52.6 Å². The molecule has 1 saturated heterocycles. The van der Waals surface area contributed by atoms with Gasteiger partial charge in [0.25, 0.3) is 10.1 Å². The maximum atomic E-state index is 11.9. The average molecular weight is 305 g/mol. The van der Waals surface area contributed by atoms with Gasteiger partial charge in [0.2, 0.25) is 0 Å². The van der Waals surface area contributed by atoms with E-state index in [2.05, 4.69) is 0 Å². The quantitative estimate of drug-likeness (QED) is 0.619. The van der Waals surface area contributed by atoms with Crippen molar-refractivity contribution >= 4 is 21.7 Å². The molecule has 2 atom stereocenters. The molecule has 0 radical (unpaired) electrons. The Morgan fingerprint density at radius 3 is 2.47 bits per heavy atom. The summed E-state index contributed by atoms with van der Waals surface area (Å²) < 4.78 is 34.5. The van der Waals surface area contributed by atoms with E-state index >= 15 is 0 Å². The molecule has 4 nitrogen and oxygen atoms in total. The number of hydrogen-bond donors (Lipinski definition) is 0. The second-order valence-electron chi connectivity index (χ2n) is 4.66. The van der Waals surface area contributed by atoms with E-state index in [1.165, 1.54) is 0 Å². The van der Waals surface area contributed by atoms with Gasteiger partial charge in [-0.2, -0.15) is 8.42 Å². The molecule has 0 amide bonds. The molecular formula is C13H17ClO4S. The summed E-state index contributed by atoms with van der Waals surface area (Å²) >= 11 is 5.69. The first-order valence-corrected chi connectivity index (χ1v) is 8.13. The van der Waals surface area contributed by atoms with Crippen molar-refractivity contribution in [3.05, 3.63) is 29.8 Å². The normalized spacial score (nSPS) is 23.7. The highest BCUT2D eigenvalue weighted by atomic mass is 35.5. The number of hydrogen-bond acceptors (Lipinski definition) is 4. The van der Waals surface area contributed by atoms with Crippen molar-refractivity contribution in [2.75, 3.05) is 12.5 Å². The van der Waals surface area contributed by atoms with Crippen molar-refractivity contribution in [2.45, 2.75) is 36.9 Å². The molecule has 0 aromatic heterocycles. The molecule has 0 saturated carbocycles. The van der Waals surface area contributed by atoms with Gasteiger partial charge in [0.05, 0.1) is 23.7 Å². The summed E-state index contributed by atoms with van der Waals surface area (Å²) in [6, 6.07) is 6.57. The Morgan fingerprint density at radius 1 is 1.26 bits per heavy atom. The van der Waals surface area contributed by atoms with Crippen molar-refractivity contribution in [1.29, 1.82) is 0 Å². The molecule has 1 heterocycles. The highest BCUT2D eigenvalue weighted by Crippen LogP contribution is 2.22. The molecule has 0 unspecified atom stereocenters. The second-order valence-corrected chi connectivity index (χ2v) is 6.59. The SMILES string of the molecule is Cc1ccc(S(=O)(=O)OC[C@@H]2CC[C@H](CCl)O2)cc1. The molecule has 19 heavy (non-hydrogen) atoms. The maximum Gasteiger partial charge on any atom is 0.297 e. The zero-order valence-electron chi connectivity index (χ0n) is 10.7. The Hall–Kier alpha value is -0.620. The fraction of sp³-hybridized carbons (Fsp3) is 0.538. The summed E-state index contributed by atoms with van der Waals surface area (Å²) in [4.78, 5) is 0.171. The van der Waals surface area contributed by atoms with Gasteiger partial charge >= 0.3 is 0 Å². The van der Waals surface area contributed by atoms with Gasteiger partial charge in [0, 0.05) is 5.88 Å². The van der Waals surface area contributed by atoms with Crippen LogP contribution in [0.2, 0.25) is 0 Å². The van der Waals surface area contributed by atoms with Crippen LogP contribution in [-0.4, -0.2) is 33.1 Å². The van der Waals surface area contributed by atoms with E-state index in [-0.39, 0.29) is 23.7 Å². The lowest BCUT2D eigenvalue weighted by molar-refractivity contribution is 0.0294. The first-order chi connectivity index (χ1) is 9.01. The minimum absolute atomic E-state index is 0.0114. The molecule has 6 heteroatoms. The summed E-state index contributed by atoms with van der Waals surface area (Å²) in [7, 11) is -3.70. The monoisotopic (exact) mass is 304 g/mol. The van der Waals surface area contributed by atoms with Crippen molar-refractivity contribution in [3.8, 4) is 0 Å². The lowest BCUT2D eigenvalue weighted by Crippen LogP contribution is -2.20. The number of benzene rings is 1. The van der Waals surface area contributed by atoms with E-state index in [9.17, 15) is 8.42 Å². The van der Waals surface area contributed by atoms with Crippen molar-refractivity contribution < 1.29 is 17.3 Å². The first-order valence-electron chi connectivity index (χ1n) is 6.19. The molecule has 0 aliphatic carbocycles. The van der Waals surface area contributed by atoms with Gasteiger partial charge in [-0.05, 0) is 31.9 Å². The smallest absolute Gasteiger partial charge is 0.297 e. The van der Waals surface area contributed by atoms with Crippen LogP contribution < -0.4 is 0 Å². The standard InChI is InChI=1S/C13H17ClO4S/c1-10-2-6-13(7-3-10)19(15,16)17-9-12-5-4-11(8-14)18-12/h2-3,6-7,11-12H,4-5,8-9H2,1H3/t11-,12+/m1/s1. The number of ether oxygens (including phenoxy) is 1. The van der Waals surface area contributed by atoms with Crippen LogP contribution in [0.15, 0.2) is 29.2 Å². The molecule has 0 bridgehead atoms. The highest BCUT2D eigenvalue weighted by Gasteiger charge is 2.27. The molecule has 1 aromatic rings. The Morgan fingerprint density at radius 2 is 1.89 bits per heavy atom. The minimum Gasteiger partial charge on any atom is -0.371 e. The zero-order chi connectivity index (χ0) is 13.9. The van der Waals surface area contributed by atoms with Crippen molar-refractivity contribution in [1.82, 2.24) is 0 Å². The molecule has 106 valence electrons.